The summed E-state index contributed by atoms with van der Waals surface area (Å²) in [6.07, 6.45) is 3.61. The van der Waals surface area contributed by atoms with Crippen LogP contribution in [-0.2, 0) is 10.0 Å². The third kappa shape index (κ3) is 3.61. The molecule has 19 heavy (non-hydrogen) atoms. The Hall–Kier alpha value is -0.330. The van der Waals surface area contributed by atoms with Gasteiger partial charge in [-0.2, -0.15) is 0 Å². The highest BCUT2D eigenvalue weighted by atomic mass is 35.5. The topological polar surface area (TPSA) is 72.2 Å². The van der Waals surface area contributed by atoms with Gasteiger partial charge in [-0.25, -0.2) is 13.1 Å². The zero-order valence-corrected chi connectivity index (χ0v) is 12.6. The molecule has 0 aromatic heterocycles. The fourth-order valence-corrected chi connectivity index (χ4v) is 4.36. The summed E-state index contributed by atoms with van der Waals surface area (Å²) in [5.74, 6) is 0. The summed E-state index contributed by atoms with van der Waals surface area (Å²) < 4.78 is 27.2. The van der Waals surface area contributed by atoms with Crippen LogP contribution in [0.1, 0.15) is 25.7 Å². The van der Waals surface area contributed by atoms with Crippen molar-refractivity contribution in [1.82, 2.24) is 4.72 Å². The second-order valence-electron chi connectivity index (χ2n) is 4.75. The van der Waals surface area contributed by atoms with E-state index in [9.17, 15) is 8.42 Å². The molecule has 0 bridgehead atoms. The fourth-order valence-electron chi connectivity index (χ4n) is 2.26. The van der Waals surface area contributed by atoms with E-state index in [-0.39, 0.29) is 22.0 Å². The van der Waals surface area contributed by atoms with Crippen molar-refractivity contribution in [3.8, 4) is 0 Å². The standard InChI is InChI=1S/C12H16Cl2N2O2S/c13-8-5-6-12(9(14)7-8)19(17,18)16-11-4-2-1-3-10(11)15/h5-7,10-11,16H,1-4,15H2/t10-,11-/m1/s1. The van der Waals surface area contributed by atoms with Crippen LogP contribution in [0.25, 0.3) is 0 Å². The fraction of sp³-hybridized carbons (Fsp3) is 0.500. The van der Waals surface area contributed by atoms with Crippen LogP contribution in [0.3, 0.4) is 0 Å². The van der Waals surface area contributed by atoms with E-state index in [0.717, 1.165) is 25.7 Å². The van der Waals surface area contributed by atoms with Crippen molar-refractivity contribution in [3.63, 3.8) is 0 Å². The van der Waals surface area contributed by atoms with Crippen molar-refractivity contribution in [2.24, 2.45) is 5.73 Å². The predicted octanol–water partition coefficient (Wildman–Crippen LogP) is 2.54. The minimum Gasteiger partial charge on any atom is -0.326 e. The van der Waals surface area contributed by atoms with Gasteiger partial charge >= 0.3 is 0 Å². The average Bonchev–Trinajstić information content (AvgIpc) is 2.31. The van der Waals surface area contributed by atoms with Gasteiger partial charge in [-0.1, -0.05) is 36.0 Å². The highest BCUT2D eigenvalue weighted by molar-refractivity contribution is 7.89. The zero-order valence-electron chi connectivity index (χ0n) is 10.3. The molecule has 2 rings (SSSR count). The molecule has 2 atom stereocenters. The Kier molecular flexibility index (Phi) is 4.74. The monoisotopic (exact) mass is 322 g/mol. The summed E-state index contributed by atoms with van der Waals surface area (Å²) in [7, 11) is -3.66. The molecular formula is C12H16Cl2N2O2S. The maximum atomic E-state index is 12.3. The first-order valence-electron chi connectivity index (χ1n) is 6.13. The molecule has 1 aliphatic carbocycles. The smallest absolute Gasteiger partial charge is 0.242 e. The second-order valence-corrected chi connectivity index (χ2v) is 7.28. The number of nitrogens with one attached hydrogen (secondary N) is 1. The van der Waals surface area contributed by atoms with E-state index in [1.54, 1.807) is 0 Å². The van der Waals surface area contributed by atoms with Gasteiger partial charge in [0.15, 0.2) is 0 Å². The van der Waals surface area contributed by atoms with Crippen LogP contribution in [0.4, 0.5) is 0 Å². The van der Waals surface area contributed by atoms with Gasteiger partial charge in [0.25, 0.3) is 0 Å². The van der Waals surface area contributed by atoms with Crippen LogP contribution >= 0.6 is 23.2 Å². The normalized spacial score (nSPS) is 24.4. The van der Waals surface area contributed by atoms with E-state index < -0.39 is 10.0 Å². The predicted molar refractivity (Wildman–Crippen MR) is 77.0 cm³/mol. The van der Waals surface area contributed by atoms with Crippen LogP contribution in [-0.4, -0.2) is 20.5 Å². The Labute approximate surface area is 123 Å². The van der Waals surface area contributed by atoms with E-state index in [1.807, 2.05) is 0 Å². The molecule has 1 saturated carbocycles. The first-order chi connectivity index (χ1) is 8.90. The minimum absolute atomic E-state index is 0.0383. The second kappa shape index (κ2) is 5.97. The molecule has 1 aliphatic rings. The molecule has 3 N–H and O–H groups in total. The number of halogens is 2. The average molecular weight is 323 g/mol. The Morgan fingerprint density at radius 1 is 1.21 bits per heavy atom. The van der Waals surface area contributed by atoms with Gasteiger partial charge in [-0.15, -0.1) is 0 Å². The highest BCUT2D eigenvalue weighted by Gasteiger charge is 2.28. The Morgan fingerprint density at radius 3 is 2.53 bits per heavy atom. The quantitative estimate of drug-likeness (QED) is 0.898. The molecule has 7 heteroatoms. The number of sulfonamides is 1. The summed E-state index contributed by atoms with van der Waals surface area (Å²) in [6, 6.07) is 3.95. The van der Waals surface area contributed by atoms with E-state index >= 15 is 0 Å². The summed E-state index contributed by atoms with van der Waals surface area (Å²) in [6.45, 7) is 0. The van der Waals surface area contributed by atoms with Crippen molar-refractivity contribution in [3.05, 3.63) is 28.2 Å². The lowest BCUT2D eigenvalue weighted by Crippen LogP contribution is -2.49. The highest BCUT2D eigenvalue weighted by Crippen LogP contribution is 2.26. The zero-order chi connectivity index (χ0) is 14.0. The lowest BCUT2D eigenvalue weighted by Gasteiger charge is -2.29. The third-order valence-electron chi connectivity index (χ3n) is 3.31. The minimum atomic E-state index is -3.66. The molecule has 0 amide bonds. The van der Waals surface area contributed by atoms with Crippen LogP contribution in [0.5, 0.6) is 0 Å². The van der Waals surface area contributed by atoms with Crippen LogP contribution < -0.4 is 10.5 Å². The molecule has 0 unspecified atom stereocenters. The van der Waals surface area contributed by atoms with Crippen LogP contribution in [0.15, 0.2) is 23.1 Å². The molecule has 1 aromatic carbocycles. The van der Waals surface area contributed by atoms with Gasteiger partial charge in [-0.3, -0.25) is 0 Å². The van der Waals surface area contributed by atoms with Gasteiger partial charge in [0.05, 0.1) is 5.02 Å². The third-order valence-corrected chi connectivity index (χ3v) is 5.52. The van der Waals surface area contributed by atoms with Crippen LogP contribution in [0.2, 0.25) is 10.0 Å². The maximum Gasteiger partial charge on any atom is 0.242 e. The number of hydrogen-bond acceptors (Lipinski definition) is 3. The van der Waals surface area contributed by atoms with Gasteiger partial charge in [-0.05, 0) is 31.0 Å². The Morgan fingerprint density at radius 2 is 1.89 bits per heavy atom. The lowest BCUT2D eigenvalue weighted by molar-refractivity contribution is 0.361. The number of hydrogen-bond donors (Lipinski definition) is 2. The van der Waals surface area contributed by atoms with Crippen molar-refractivity contribution >= 4 is 33.2 Å². The first kappa shape index (κ1) is 15.1. The van der Waals surface area contributed by atoms with Gasteiger partial charge in [0, 0.05) is 17.1 Å². The molecular weight excluding hydrogens is 307 g/mol. The molecule has 0 aliphatic heterocycles. The van der Waals surface area contributed by atoms with Gasteiger partial charge in [0.1, 0.15) is 4.90 Å². The molecule has 0 radical (unpaired) electrons. The van der Waals surface area contributed by atoms with Crippen molar-refractivity contribution in [2.45, 2.75) is 42.7 Å². The van der Waals surface area contributed by atoms with E-state index in [2.05, 4.69) is 4.72 Å². The van der Waals surface area contributed by atoms with E-state index in [1.165, 1.54) is 18.2 Å². The van der Waals surface area contributed by atoms with E-state index in [0.29, 0.717) is 5.02 Å². The SMILES string of the molecule is N[C@@H]1CCCC[C@H]1NS(=O)(=O)c1ccc(Cl)cc1Cl. The molecule has 1 fully saturated rings. The maximum absolute atomic E-state index is 12.3. The summed E-state index contributed by atoms with van der Waals surface area (Å²) in [4.78, 5) is 0.0383. The Bertz CT molecular complexity index is 563. The van der Waals surface area contributed by atoms with Crippen LogP contribution in [0, 0.1) is 0 Å². The molecule has 0 spiro atoms. The summed E-state index contributed by atoms with van der Waals surface area (Å²) in [5.41, 5.74) is 5.95. The summed E-state index contributed by atoms with van der Waals surface area (Å²) in [5, 5.41) is 0.516. The number of rotatable bonds is 3. The molecule has 4 nitrogen and oxygen atoms in total. The van der Waals surface area contributed by atoms with E-state index in [4.69, 9.17) is 28.9 Å². The van der Waals surface area contributed by atoms with Gasteiger partial charge in [0.2, 0.25) is 10.0 Å². The van der Waals surface area contributed by atoms with Gasteiger partial charge < -0.3 is 5.73 Å². The number of nitrogens with two attached hydrogens (primary N) is 1. The Balaban J connectivity index is 2.22. The molecule has 106 valence electrons. The van der Waals surface area contributed by atoms with Crippen molar-refractivity contribution in [1.29, 1.82) is 0 Å². The first-order valence-corrected chi connectivity index (χ1v) is 8.37. The molecule has 0 heterocycles. The lowest BCUT2D eigenvalue weighted by atomic mass is 9.92. The molecule has 1 aromatic rings. The number of benzene rings is 1. The molecule has 0 saturated heterocycles. The largest absolute Gasteiger partial charge is 0.326 e. The summed E-state index contributed by atoms with van der Waals surface area (Å²) >= 11 is 11.7. The van der Waals surface area contributed by atoms with Crippen molar-refractivity contribution in [2.75, 3.05) is 0 Å². The van der Waals surface area contributed by atoms with Crippen molar-refractivity contribution < 1.29 is 8.42 Å².